The largest absolute Gasteiger partial charge is 0.326 e. The Kier molecular flexibility index (Phi) is 9.27. The molecule has 0 aliphatic rings. The van der Waals surface area contributed by atoms with Crippen LogP contribution in [-0.4, -0.2) is 17.0 Å². The molecule has 0 radical (unpaired) electrons. The predicted octanol–water partition coefficient (Wildman–Crippen LogP) is 8.47. The van der Waals surface area contributed by atoms with E-state index in [0.29, 0.717) is 31.0 Å². The first kappa shape index (κ1) is 28.2. The van der Waals surface area contributed by atoms with Crippen molar-refractivity contribution < 1.29 is 9.59 Å². The number of benzene rings is 5. The maximum absolute atomic E-state index is 13.6. The van der Waals surface area contributed by atoms with E-state index in [-0.39, 0.29) is 12.1 Å². The molecule has 210 valence electrons. The van der Waals surface area contributed by atoms with E-state index in [2.05, 4.69) is 10.6 Å². The molecule has 0 aliphatic carbocycles. The minimum absolute atomic E-state index is 0.218. The summed E-state index contributed by atoms with van der Waals surface area (Å²) in [5.41, 5.74) is 6.01. The van der Waals surface area contributed by atoms with Gasteiger partial charge in [-0.1, -0.05) is 115 Å². The van der Waals surface area contributed by atoms with Crippen LogP contribution < -0.4 is 15.5 Å². The quantitative estimate of drug-likeness (QED) is 0.192. The number of para-hydroxylation sites is 1. The molecule has 6 heteroatoms. The van der Waals surface area contributed by atoms with Gasteiger partial charge < -0.3 is 15.5 Å². The van der Waals surface area contributed by atoms with Crippen molar-refractivity contribution in [3.05, 3.63) is 162 Å². The number of carbonyl (C=O) groups excluding carboxylic acids is 2. The first-order chi connectivity index (χ1) is 20.5. The maximum Gasteiger partial charge on any atom is 0.326 e. The van der Waals surface area contributed by atoms with E-state index in [1.807, 2.05) is 140 Å². The molecule has 0 fully saturated rings. The molecule has 0 saturated carbocycles. The van der Waals surface area contributed by atoms with Gasteiger partial charge in [-0.05, 0) is 53.4 Å². The van der Waals surface area contributed by atoms with Crippen LogP contribution in [-0.2, 0) is 19.6 Å². The minimum Gasteiger partial charge on any atom is -0.316 e. The van der Waals surface area contributed by atoms with Gasteiger partial charge in [0.15, 0.2) is 0 Å². The van der Waals surface area contributed by atoms with Gasteiger partial charge in [0.25, 0.3) is 0 Å². The summed E-state index contributed by atoms with van der Waals surface area (Å²) in [5.74, 6) is 0. The lowest BCUT2D eigenvalue weighted by Gasteiger charge is -2.25. The molecule has 0 atom stereocenters. The lowest BCUT2D eigenvalue weighted by Crippen LogP contribution is -2.35. The molecule has 5 aromatic rings. The summed E-state index contributed by atoms with van der Waals surface area (Å²) in [6.07, 6.45) is 0. The molecule has 42 heavy (non-hydrogen) atoms. The molecule has 0 aliphatic heterocycles. The second-order valence-electron chi connectivity index (χ2n) is 10.1. The van der Waals surface area contributed by atoms with Crippen molar-refractivity contribution in [2.45, 2.75) is 26.6 Å². The maximum atomic E-state index is 13.6. The second-order valence-corrected chi connectivity index (χ2v) is 10.1. The van der Waals surface area contributed by atoms with E-state index in [1.165, 1.54) is 0 Å². The lowest BCUT2D eigenvalue weighted by molar-refractivity contribution is 0.206. The van der Waals surface area contributed by atoms with Crippen LogP contribution in [0.15, 0.2) is 140 Å². The fraction of sp³-hybridized carbons (Fsp3) is 0.111. The fourth-order valence-electron chi connectivity index (χ4n) is 4.68. The van der Waals surface area contributed by atoms with E-state index in [1.54, 1.807) is 15.9 Å². The summed E-state index contributed by atoms with van der Waals surface area (Å²) in [5, 5.41) is 6.12. The van der Waals surface area contributed by atoms with Gasteiger partial charge in [-0.3, -0.25) is 4.90 Å². The van der Waals surface area contributed by atoms with Crippen molar-refractivity contribution in [2.75, 3.05) is 15.5 Å². The zero-order chi connectivity index (χ0) is 29.1. The zero-order valence-electron chi connectivity index (χ0n) is 23.6. The summed E-state index contributed by atoms with van der Waals surface area (Å²) in [4.78, 5) is 30.7. The number of rotatable bonds is 9. The standard InChI is InChI=1S/C36H34N4O2/c1-28-22-23-32(37-36(42)40(33-20-12-5-13-21-33)27-31-18-10-4-11-19-31)24-34(28)38-35(41)39(25-29-14-6-2-7-15-29)26-30-16-8-3-9-17-30/h2-24H,25-27H2,1H3,(H,37,42)(H,38,41). The number of hydrogen-bond acceptors (Lipinski definition) is 2. The Morgan fingerprint density at radius 2 is 1.02 bits per heavy atom. The van der Waals surface area contributed by atoms with Crippen LogP contribution in [0.1, 0.15) is 22.3 Å². The first-order valence-corrected chi connectivity index (χ1v) is 14.0. The van der Waals surface area contributed by atoms with Gasteiger partial charge in [0, 0.05) is 30.2 Å². The molecule has 0 bridgehead atoms. The van der Waals surface area contributed by atoms with Gasteiger partial charge in [0.2, 0.25) is 0 Å². The number of carbonyl (C=O) groups is 2. The third-order valence-corrected chi connectivity index (χ3v) is 6.95. The van der Waals surface area contributed by atoms with Crippen LogP contribution in [0.4, 0.5) is 26.7 Å². The number of hydrogen-bond donors (Lipinski definition) is 2. The minimum atomic E-state index is -0.263. The van der Waals surface area contributed by atoms with Crippen LogP contribution in [0.3, 0.4) is 0 Å². The molecule has 0 spiro atoms. The van der Waals surface area contributed by atoms with Crippen molar-refractivity contribution in [1.82, 2.24) is 4.90 Å². The van der Waals surface area contributed by atoms with E-state index < -0.39 is 0 Å². The molecule has 5 aromatic carbocycles. The normalized spacial score (nSPS) is 10.5. The first-order valence-electron chi connectivity index (χ1n) is 14.0. The summed E-state index contributed by atoms with van der Waals surface area (Å²) in [6.45, 7) is 3.27. The molecule has 0 saturated heterocycles. The van der Waals surface area contributed by atoms with Gasteiger partial charge in [-0.2, -0.15) is 0 Å². The Morgan fingerprint density at radius 1 is 0.548 bits per heavy atom. The van der Waals surface area contributed by atoms with Gasteiger partial charge in [-0.15, -0.1) is 0 Å². The highest BCUT2D eigenvalue weighted by atomic mass is 16.2. The van der Waals surface area contributed by atoms with E-state index in [9.17, 15) is 9.59 Å². The SMILES string of the molecule is Cc1ccc(NC(=O)N(Cc2ccccc2)c2ccccc2)cc1NC(=O)N(Cc1ccccc1)Cc1ccccc1. The van der Waals surface area contributed by atoms with Gasteiger partial charge in [0.1, 0.15) is 0 Å². The van der Waals surface area contributed by atoms with E-state index in [4.69, 9.17) is 0 Å². The monoisotopic (exact) mass is 554 g/mol. The third kappa shape index (κ3) is 7.64. The van der Waals surface area contributed by atoms with Crippen LogP contribution in [0.2, 0.25) is 0 Å². The Morgan fingerprint density at radius 3 is 1.55 bits per heavy atom. The summed E-state index contributed by atoms with van der Waals surface area (Å²) in [7, 11) is 0. The molecule has 0 heterocycles. The second kappa shape index (κ2) is 13.8. The number of urea groups is 2. The number of anilines is 3. The Labute approximate surface area is 247 Å². The van der Waals surface area contributed by atoms with Crippen molar-refractivity contribution in [2.24, 2.45) is 0 Å². The summed E-state index contributed by atoms with van der Waals surface area (Å²) in [6, 6.07) is 44.4. The van der Waals surface area contributed by atoms with Crippen LogP contribution in [0.5, 0.6) is 0 Å². The highest BCUT2D eigenvalue weighted by Gasteiger charge is 2.19. The summed E-state index contributed by atoms with van der Waals surface area (Å²) >= 11 is 0. The van der Waals surface area contributed by atoms with Crippen molar-refractivity contribution in [1.29, 1.82) is 0 Å². The smallest absolute Gasteiger partial charge is 0.316 e. The van der Waals surface area contributed by atoms with Crippen molar-refractivity contribution >= 4 is 29.1 Å². The molecule has 0 unspecified atom stereocenters. The molecule has 5 rings (SSSR count). The van der Waals surface area contributed by atoms with Gasteiger partial charge >= 0.3 is 12.1 Å². The fourth-order valence-corrected chi connectivity index (χ4v) is 4.68. The molecule has 6 nitrogen and oxygen atoms in total. The van der Waals surface area contributed by atoms with E-state index in [0.717, 1.165) is 27.9 Å². The molecule has 0 aromatic heterocycles. The van der Waals surface area contributed by atoms with Gasteiger partial charge in [-0.25, -0.2) is 9.59 Å². The number of amides is 4. The van der Waals surface area contributed by atoms with Crippen molar-refractivity contribution in [3.8, 4) is 0 Å². The number of nitrogens with one attached hydrogen (secondary N) is 2. The third-order valence-electron chi connectivity index (χ3n) is 6.95. The van der Waals surface area contributed by atoms with Crippen LogP contribution in [0, 0.1) is 6.92 Å². The van der Waals surface area contributed by atoms with Crippen LogP contribution in [0.25, 0.3) is 0 Å². The Balaban J connectivity index is 1.34. The average molecular weight is 555 g/mol. The molecule has 2 N–H and O–H groups in total. The van der Waals surface area contributed by atoms with E-state index >= 15 is 0 Å². The predicted molar refractivity (Wildman–Crippen MR) is 170 cm³/mol. The zero-order valence-corrected chi connectivity index (χ0v) is 23.6. The Bertz CT molecular complexity index is 1550. The van der Waals surface area contributed by atoms with Crippen LogP contribution >= 0.6 is 0 Å². The van der Waals surface area contributed by atoms with Crippen molar-refractivity contribution in [3.63, 3.8) is 0 Å². The Hall–Kier alpha value is -5.36. The van der Waals surface area contributed by atoms with Gasteiger partial charge in [0.05, 0.1) is 6.54 Å². The topological polar surface area (TPSA) is 64.7 Å². The highest BCUT2D eigenvalue weighted by Crippen LogP contribution is 2.24. The number of aryl methyl sites for hydroxylation is 1. The highest BCUT2D eigenvalue weighted by molar-refractivity contribution is 6.02. The molecular weight excluding hydrogens is 520 g/mol. The summed E-state index contributed by atoms with van der Waals surface area (Å²) < 4.78 is 0. The lowest BCUT2D eigenvalue weighted by atomic mass is 10.1. The molecular formula is C36H34N4O2. The average Bonchev–Trinajstić information content (AvgIpc) is 3.03. The molecule has 4 amide bonds. The number of nitrogens with zero attached hydrogens (tertiary/aromatic N) is 2.